The van der Waals surface area contributed by atoms with Crippen molar-refractivity contribution in [2.24, 2.45) is 0 Å². The summed E-state index contributed by atoms with van der Waals surface area (Å²) in [5.41, 5.74) is 4.06. The van der Waals surface area contributed by atoms with E-state index in [2.05, 4.69) is 10.6 Å². The molecule has 3 aliphatic rings. The minimum Gasteiger partial charge on any atom is -0.493 e. The summed E-state index contributed by atoms with van der Waals surface area (Å²) in [6.45, 7) is 4.63. The van der Waals surface area contributed by atoms with Crippen molar-refractivity contribution in [1.82, 2.24) is 15.5 Å². The Bertz CT molecular complexity index is 1240. The van der Waals surface area contributed by atoms with E-state index in [4.69, 9.17) is 9.47 Å². The van der Waals surface area contributed by atoms with Crippen LogP contribution in [0.4, 0.5) is 4.79 Å². The Morgan fingerprint density at radius 1 is 1.08 bits per heavy atom. The fourth-order valence-corrected chi connectivity index (χ4v) is 4.97. The fourth-order valence-electron chi connectivity index (χ4n) is 4.97. The van der Waals surface area contributed by atoms with Crippen LogP contribution in [0.3, 0.4) is 0 Å². The Labute approximate surface area is 209 Å². The molecule has 1 fully saturated rings. The summed E-state index contributed by atoms with van der Waals surface area (Å²) in [7, 11) is 0. The number of nitrogens with one attached hydrogen (secondary N) is 2. The molecule has 2 N–H and O–H groups in total. The lowest BCUT2D eigenvalue weighted by Crippen LogP contribution is -2.52. The highest BCUT2D eigenvalue weighted by atomic mass is 16.6. The van der Waals surface area contributed by atoms with Gasteiger partial charge in [0.1, 0.15) is 17.9 Å². The van der Waals surface area contributed by atoms with Crippen LogP contribution in [-0.4, -0.2) is 41.4 Å². The van der Waals surface area contributed by atoms with Gasteiger partial charge in [-0.2, -0.15) is 0 Å². The van der Waals surface area contributed by atoms with Crippen molar-refractivity contribution in [3.05, 3.63) is 64.2 Å². The zero-order valence-electron chi connectivity index (χ0n) is 20.3. The van der Waals surface area contributed by atoms with E-state index in [-0.39, 0.29) is 24.3 Å². The molecule has 3 atom stereocenters. The van der Waals surface area contributed by atoms with Crippen LogP contribution in [-0.2, 0) is 27.3 Å². The SMILES string of the molecule is CC(NC(=O)OC(C)c1ccc2c(c1)C(=O)N(C1CCC(=O)NC1=O)C2)c1ccc2c(c1)OCCC2. The normalized spacial score (nSPS) is 20.6. The number of carbonyl (C=O) groups excluding carboxylic acids is 4. The number of benzene rings is 2. The van der Waals surface area contributed by atoms with Crippen LogP contribution in [0.25, 0.3) is 0 Å². The van der Waals surface area contributed by atoms with Gasteiger partial charge >= 0.3 is 6.09 Å². The molecule has 1 saturated heterocycles. The Hall–Kier alpha value is -3.88. The highest BCUT2D eigenvalue weighted by molar-refractivity contribution is 6.05. The molecular weight excluding hydrogens is 462 g/mol. The molecule has 9 nitrogen and oxygen atoms in total. The van der Waals surface area contributed by atoms with Crippen LogP contribution < -0.4 is 15.4 Å². The first-order valence-electron chi connectivity index (χ1n) is 12.3. The van der Waals surface area contributed by atoms with Gasteiger partial charge in [-0.1, -0.05) is 24.3 Å². The number of amides is 4. The minimum absolute atomic E-state index is 0.207. The first kappa shape index (κ1) is 23.8. The first-order valence-corrected chi connectivity index (χ1v) is 12.3. The van der Waals surface area contributed by atoms with Crippen LogP contribution in [0.2, 0.25) is 0 Å². The zero-order chi connectivity index (χ0) is 25.4. The second-order valence-electron chi connectivity index (χ2n) is 9.55. The third-order valence-corrected chi connectivity index (χ3v) is 7.08. The van der Waals surface area contributed by atoms with Gasteiger partial charge in [0, 0.05) is 18.5 Å². The first-order chi connectivity index (χ1) is 17.3. The van der Waals surface area contributed by atoms with Gasteiger partial charge in [-0.25, -0.2) is 4.79 Å². The lowest BCUT2D eigenvalue weighted by molar-refractivity contribution is -0.136. The summed E-state index contributed by atoms with van der Waals surface area (Å²) >= 11 is 0. The van der Waals surface area contributed by atoms with Crippen LogP contribution >= 0.6 is 0 Å². The number of nitrogens with zero attached hydrogens (tertiary/aromatic N) is 1. The summed E-state index contributed by atoms with van der Waals surface area (Å²) in [4.78, 5) is 50.9. The standard InChI is InChI=1S/C27H29N3O6/c1-15(18-6-5-17-4-3-11-35-23(17)13-18)28-27(34)36-16(2)19-7-8-20-14-30(26(33)21(20)12-19)22-9-10-24(31)29-25(22)32/h5-8,12-13,15-16,22H,3-4,9-11,14H2,1-2H3,(H,28,34)(H,29,31,32). The number of piperidine rings is 1. The molecule has 0 radical (unpaired) electrons. The third kappa shape index (κ3) is 4.65. The number of imide groups is 1. The molecule has 188 valence electrons. The topological polar surface area (TPSA) is 114 Å². The van der Waals surface area contributed by atoms with E-state index < -0.39 is 24.1 Å². The summed E-state index contributed by atoms with van der Waals surface area (Å²) in [6, 6.07) is 10.4. The molecule has 5 rings (SSSR count). The molecule has 0 aromatic heterocycles. The van der Waals surface area contributed by atoms with E-state index in [1.54, 1.807) is 13.0 Å². The summed E-state index contributed by atoms with van der Waals surface area (Å²) in [6.07, 6.45) is 1.36. The molecular formula is C27H29N3O6. The summed E-state index contributed by atoms with van der Waals surface area (Å²) in [5, 5.41) is 5.16. The number of aryl methyl sites for hydroxylation is 1. The molecule has 2 aromatic carbocycles. The second-order valence-corrected chi connectivity index (χ2v) is 9.55. The Morgan fingerprint density at radius 2 is 1.86 bits per heavy atom. The van der Waals surface area contributed by atoms with Crippen LogP contribution in [0, 0.1) is 0 Å². The minimum atomic E-state index is -0.666. The number of fused-ring (bicyclic) bond motifs is 2. The average Bonchev–Trinajstić information content (AvgIpc) is 3.19. The van der Waals surface area contributed by atoms with Crippen LogP contribution in [0.15, 0.2) is 36.4 Å². The third-order valence-electron chi connectivity index (χ3n) is 7.08. The molecule has 0 bridgehead atoms. The predicted molar refractivity (Wildman–Crippen MR) is 129 cm³/mol. The van der Waals surface area contributed by atoms with E-state index >= 15 is 0 Å². The van der Waals surface area contributed by atoms with Crippen molar-refractivity contribution in [2.75, 3.05) is 6.61 Å². The number of hydrogen-bond donors (Lipinski definition) is 2. The van der Waals surface area contributed by atoms with Crippen LogP contribution in [0.5, 0.6) is 5.75 Å². The quantitative estimate of drug-likeness (QED) is 0.621. The Balaban J connectivity index is 1.21. The molecule has 3 heterocycles. The van der Waals surface area contributed by atoms with E-state index in [0.29, 0.717) is 30.7 Å². The lowest BCUT2D eigenvalue weighted by atomic mass is 10.0. The lowest BCUT2D eigenvalue weighted by Gasteiger charge is -2.29. The summed E-state index contributed by atoms with van der Waals surface area (Å²) < 4.78 is 11.3. The van der Waals surface area contributed by atoms with Crippen molar-refractivity contribution < 1.29 is 28.7 Å². The largest absolute Gasteiger partial charge is 0.493 e. The highest BCUT2D eigenvalue weighted by Crippen LogP contribution is 2.31. The fraction of sp³-hybridized carbons (Fsp3) is 0.407. The molecule has 2 aromatic rings. The summed E-state index contributed by atoms with van der Waals surface area (Å²) in [5.74, 6) is -0.161. The zero-order valence-corrected chi connectivity index (χ0v) is 20.3. The van der Waals surface area contributed by atoms with Crippen molar-refractivity contribution in [3.63, 3.8) is 0 Å². The van der Waals surface area contributed by atoms with Gasteiger partial charge in [-0.3, -0.25) is 19.7 Å². The van der Waals surface area contributed by atoms with Crippen molar-refractivity contribution in [3.8, 4) is 5.75 Å². The van der Waals surface area contributed by atoms with Gasteiger partial charge < -0.3 is 19.7 Å². The maximum atomic E-state index is 13.1. The average molecular weight is 492 g/mol. The molecule has 4 amide bonds. The molecule has 36 heavy (non-hydrogen) atoms. The van der Waals surface area contributed by atoms with Gasteiger partial charge in [-0.05, 0) is 67.5 Å². The smallest absolute Gasteiger partial charge is 0.408 e. The number of alkyl carbamates (subject to hydrolysis) is 1. The second kappa shape index (κ2) is 9.64. The Kier molecular flexibility index (Phi) is 6.38. The number of ether oxygens (including phenoxy) is 2. The molecule has 3 aliphatic heterocycles. The van der Waals surface area contributed by atoms with E-state index in [0.717, 1.165) is 29.7 Å². The molecule has 0 saturated carbocycles. The van der Waals surface area contributed by atoms with Gasteiger partial charge in [-0.15, -0.1) is 0 Å². The number of hydrogen-bond acceptors (Lipinski definition) is 6. The highest BCUT2D eigenvalue weighted by Gasteiger charge is 2.39. The van der Waals surface area contributed by atoms with Crippen molar-refractivity contribution in [2.45, 2.75) is 64.3 Å². The van der Waals surface area contributed by atoms with Gasteiger partial charge in [0.25, 0.3) is 5.91 Å². The monoisotopic (exact) mass is 491 g/mol. The molecule has 0 spiro atoms. The van der Waals surface area contributed by atoms with Gasteiger partial charge in [0.2, 0.25) is 11.8 Å². The van der Waals surface area contributed by atoms with Crippen LogP contribution in [0.1, 0.15) is 77.9 Å². The van der Waals surface area contributed by atoms with E-state index in [9.17, 15) is 19.2 Å². The number of carbonyl (C=O) groups is 4. The van der Waals surface area contributed by atoms with Crippen molar-refractivity contribution in [1.29, 1.82) is 0 Å². The maximum absolute atomic E-state index is 13.1. The van der Waals surface area contributed by atoms with E-state index in [1.807, 2.05) is 37.3 Å². The van der Waals surface area contributed by atoms with Gasteiger partial charge in [0.05, 0.1) is 12.6 Å². The predicted octanol–water partition coefficient (Wildman–Crippen LogP) is 3.32. The molecule has 9 heteroatoms. The van der Waals surface area contributed by atoms with E-state index in [1.165, 1.54) is 10.5 Å². The Morgan fingerprint density at radius 3 is 2.67 bits per heavy atom. The van der Waals surface area contributed by atoms with Crippen molar-refractivity contribution >= 4 is 23.8 Å². The molecule has 3 unspecified atom stereocenters. The van der Waals surface area contributed by atoms with Gasteiger partial charge in [0.15, 0.2) is 0 Å². The maximum Gasteiger partial charge on any atom is 0.408 e. The molecule has 0 aliphatic carbocycles. The number of rotatable bonds is 5.